The lowest BCUT2D eigenvalue weighted by atomic mass is 10.0. The van der Waals surface area contributed by atoms with E-state index < -0.39 is 24.0 Å². The Morgan fingerprint density at radius 2 is 2.05 bits per heavy atom. The standard InChI is InChI=1S/C13H18N2O4/c1-3-5-10-8(4-2)6-9(13(19)15-10)12(18)14-7-11(16)17/h6H,3-5,7H2,1-2H3,(H,14,18)(H,15,19)(H,16,17). The van der Waals surface area contributed by atoms with Gasteiger partial charge in [0.15, 0.2) is 0 Å². The molecule has 0 atom stereocenters. The van der Waals surface area contributed by atoms with Gasteiger partial charge in [0.2, 0.25) is 0 Å². The summed E-state index contributed by atoms with van der Waals surface area (Å²) < 4.78 is 0. The lowest BCUT2D eigenvalue weighted by Gasteiger charge is -2.09. The van der Waals surface area contributed by atoms with E-state index in [1.807, 2.05) is 13.8 Å². The first kappa shape index (κ1) is 14.9. The number of rotatable bonds is 6. The minimum atomic E-state index is -1.15. The Balaban J connectivity index is 3.05. The van der Waals surface area contributed by atoms with Gasteiger partial charge in [-0.2, -0.15) is 0 Å². The molecular weight excluding hydrogens is 248 g/mol. The molecule has 0 fully saturated rings. The van der Waals surface area contributed by atoms with E-state index in [0.717, 1.165) is 24.1 Å². The molecule has 0 saturated carbocycles. The van der Waals surface area contributed by atoms with Crippen LogP contribution < -0.4 is 10.9 Å². The van der Waals surface area contributed by atoms with Gasteiger partial charge in [0.25, 0.3) is 11.5 Å². The Hall–Kier alpha value is -2.11. The summed E-state index contributed by atoms with van der Waals surface area (Å²) in [5.41, 5.74) is 1.22. The second kappa shape index (κ2) is 6.72. The maximum absolute atomic E-state index is 11.8. The quantitative estimate of drug-likeness (QED) is 0.705. The van der Waals surface area contributed by atoms with Crippen molar-refractivity contribution in [3.05, 3.63) is 33.2 Å². The number of carbonyl (C=O) groups is 2. The highest BCUT2D eigenvalue weighted by molar-refractivity contribution is 5.95. The fourth-order valence-electron chi connectivity index (χ4n) is 1.82. The molecule has 1 rings (SSSR count). The van der Waals surface area contributed by atoms with Crippen LogP contribution in [0.1, 0.15) is 41.9 Å². The number of hydrogen-bond acceptors (Lipinski definition) is 3. The highest BCUT2D eigenvalue weighted by atomic mass is 16.4. The Morgan fingerprint density at radius 3 is 2.58 bits per heavy atom. The van der Waals surface area contributed by atoms with Gasteiger partial charge in [0.05, 0.1) is 0 Å². The van der Waals surface area contributed by atoms with Crippen molar-refractivity contribution in [3.63, 3.8) is 0 Å². The first-order valence-electron chi connectivity index (χ1n) is 6.24. The van der Waals surface area contributed by atoms with Gasteiger partial charge in [-0.25, -0.2) is 0 Å². The smallest absolute Gasteiger partial charge is 0.322 e. The second-order valence-electron chi connectivity index (χ2n) is 4.20. The number of carboxylic acids is 1. The predicted molar refractivity (Wildman–Crippen MR) is 70.4 cm³/mol. The molecule has 0 unspecified atom stereocenters. The van der Waals surface area contributed by atoms with Crippen molar-refractivity contribution in [2.45, 2.75) is 33.1 Å². The maximum Gasteiger partial charge on any atom is 0.322 e. The molecule has 0 aliphatic heterocycles. The minimum Gasteiger partial charge on any atom is -0.480 e. The highest BCUT2D eigenvalue weighted by Gasteiger charge is 2.14. The molecule has 1 aromatic heterocycles. The summed E-state index contributed by atoms with van der Waals surface area (Å²) in [7, 11) is 0. The summed E-state index contributed by atoms with van der Waals surface area (Å²) in [4.78, 5) is 36.6. The summed E-state index contributed by atoms with van der Waals surface area (Å²) in [5.74, 6) is -1.82. The zero-order valence-electron chi connectivity index (χ0n) is 11.1. The number of nitrogens with one attached hydrogen (secondary N) is 2. The molecule has 0 aliphatic carbocycles. The van der Waals surface area contributed by atoms with Gasteiger partial charge in [0.1, 0.15) is 12.1 Å². The van der Waals surface area contributed by atoms with Gasteiger partial charge in [-0.1, -0.05) is 20.3 Å². The summed E-state index contributed by atoms with van der Waals surface area (Å²) >= 11 is 0. The molecule has 0 bridgehead atoms. The molecule has 1 heterocycles. The molecule has 0 aliphatic rings. The van der Waals surface area contributed by atoms with Crippen LogP contribution in [0.4, 0.5) is 0 Å². The van der Waals surface area contributed by atoms with Crippen molar-refractivity contribution in [2.24, 2.45) is 0 Å². The van der Waals surface area contributed by atoms with Gasteiger partial charge >= 0.3 is 5.97 Å². The van der Waals surface area contributed by atoms with Crippen LogP contribution in [0.25, 0.3) is 0 Å². The van der Waals surface area contributed by atoms with Crippen LogP contribution >= 0.6 is 0 Å². The molecule has 0 aromatic carbocycles. The topological polar surface area (TPSA) is 99.3 Å². The highest BCUT2D eigenvalue weighted by Crippen LogP contribution is 2.09. The van der Waals surface area contributed by atoms with Crippen molar-refractivity contribution in [1.82, 2.24) is 10.3 Å². The summed E-state index contributed by atoms with van der Waals surface area (Å²) in [6, 6.07) is 1.54. The SMILES string of the molecule is CCCc1[nH]c(=O)c(C(=O)NCC(=O)O)cc1CC. The number of aromatic amines is 1. The molecule has 1 aromatic rings. The predicted octanol–water partition coefficient (Wildman–Crippen LogP) is 0.704. The van der Waals surface area contributed by atoms with Gasteiger partial charge in [0, 0.05) is 5.69 Å². The molecule has 0 saturated heterocycles. The number of aryl methyl sites for hydroxylation is 2. The molecule has 6 heteroatoms. The van der Waals surface area contributed by atoms with E-state index in [9.17, 15) is 14.4 Å². The van der Waals surface area contributed by atoms with E-state index in [0.29, 0.717) is 6.42 Å². The number of aliphatic carboxylic acids is 1. The third kappa shape index (κ3) is 3.94. The van der Waals surface area contributed by atoms with E-state index in [-0.39, 0.29) is 5.56 Å². The maximum atomic E-state index is 11.8. The summed E-state index contributed by atoms with van der Waals surface area (Å²) in [5, 5.41) is 10.7. The summed E-state index contributed by atoms with van der Waals surface area (Å²) in [6.45, 7) is 3.44. The average Bonchev–Trinajstić information content (AvgIpc) is 2.36. The van der Waals surface area contributed by atoms with E-state index in [1.54, 1.807) is 6.07 Å². The minimum absolute atomic E-state index is 0.0436. The average molecular weight is 266 g/mol. The van der Waals surface area contributed by atoms with E-state index >= 15 is 0 Å². The van der Waals surface area contributed by atoms with Crippen LogP contribution in [0.3, 0.4) is 0 Å². The van der Waals surface area contributed by atoms with E-state index in [1.165, 1.54) is 0 Å². The number of carboxylic acid groups (broad SMARTS) is 1. The molecular formula is C13H18N2O4. The third-order valence-electron chi connectivity index (χ3n) is 2.74. The normalized spacial score (nSPS) is 10.2. The van der Waals surface area contributed by atoms with Crippen molar-refractivity contribution < 1.29 is 14.7 Å². The Labute approximate surface area is 110 Å². The number of amides is 1. The molecule has 0 spiro atoms. The van der Waals surface area contributed by atoms with E-state index in [4.69, 9.17) is 5.11 Å². The van der Waals surface area contributed by atoms with Crippen LogP contribution in [-0.2, 0) is 17.6 Å². The lowest BCUT2D eigenvalue weighted by molar-refractivity contribution is -0.135. The Bertz CT molecular complexity index is 534. The van der Waals surface area contributed by atoms with Crippen LogP contribution in [0, 0.1) is 0 Å². The Kier molecular flexibility index (Phi) is 5.29. The molecule has 0 radical (unpaired) electrons. The molecule has 3 N–H and O–H groups in total. The van der Waals surface area contributed by atoms with Crippen LogP contribution in [0.5, 0.6) is 0 Å². The number of H-pyrrole nitrogens is 1. The lowest BCUT2D eigenvalue weighted by Crippen LogP contribution is -2.33. The van der Waals surface area contributed by atoms with Crippen molar-refractivity contribution in [2.75, 3.05) is 6.54 Å². The van der Waals surface area contributed by atoms with Gasteiger partial charge in [-0.05, 0) is 24.5 Å². The second-order valence-corrected chi connectivity index (χ2v) is 4.20. The molecule has 19 heavy (non-hydrogen) atoms. The fourth-order valence-corrected chi connectivity index (χ4v) is 1.82. The number of hydrogen-bond donors (Lipinski definition) is 3. The Morgan fingerprint density at radius 1 is 1.37 bits per heavy atom. The van der Waals surface area contributed by atoms with Crippen LogP contribution in [-0.4, -0.2) is 28.5 Å². The fraction of sp³-hybridized carbons (Fsp3) is 0.462. The first-order valence-corrected chi connectivity index (χ1v) is 6.24. The van der Waals surface area contributed by atoms with Gasteiger partial charge in [-0.3, -0.25) is 14.4 Å². The van der Waals surface area contributed by atoms with Gasteiger partial charge < -0.3 is 15.4 Å². The molecule has 104 valence electrons. The number of aromatic nitrogens is 1. The van der Waals surface area contributed by atoms with Crippen molar-refractivity contribution in [3.8, 4) is 0 Å². The largest absolute Gasteiger partial charge is 0.480 e. The number of carbonyl (C=O) groups excluding carboxylic acids is 1. The zero-order chi connectivity index (χ0) is 14.4. The summed E-state index contributed by atoms with van der Waals surface area (Å²) in [6.07, 6.45) is 2.34. The zero-order valence-corrected chi connectivity index (χ0v) is 11.1. The van der Waals surface area contributed by atoms with Crippen molar-refractivity contribution in [1.29, 1.82) is 0 Å². The monoisotopic (exact) mass is 266 g/mol. The first-order chi connectivity index (χ1) is 8.99. The van der Waals surface area contributed by atoms with Crippen LogP contribution in [0.15, 0.2) is 10.9 Å². The van der Waals surface area contributed by atoms with E-state index in [2.05, 4.69) is 10.3 Å². The molecule has 1 amide bonds. The van der Waals surface area contributed by atoms with Gasteiger partial charge in [-0.15, -0.1) is 0 Å². The third-order valence-corrected chi connectivity index (χ3v) is 2.74. The number of pyridine rings is 1. The molecule has 6 nitrogen and oxygen atoms in total. The van der Waals surface area contributed by atoms with Crippen molar-refractivity contribution >= 4 is 11.9 Å². The van der Waals surface area contributed by atoms with Crippen LogP contribution in [0.2, 0.25) is 0 Å².